The van der Waals surface area contributed by atoms with Crippen LogP contribution in [-0.2, 0) is 4.79 Å². The molecule has 2 atom stereocenters. The van der Waals surface area contributed by atoms with Crippen LogP contribution in [-0.4, -0.2) is 23.5 Å². The highest BCUT2D eigenvalue weighted by Gasteiger charge is 2.32. The molecule has 5 rings (SSSR count). The third-order valence-corrected chi connectivity index (χ3v) is 5.64. The molecule has 0 bridgehead atoms. The number of nitrogens with zero attached hydrogens (tertiary/aromatic N) is 2. The molecule has 0 fully saturated rings. The van der Waals surface area contributed by atoms with Crippen LogP contribution in [0.1, 0.15) is 18.5 Å². The van der Waals surface area contributed by atoms with Crippen LogP contribution in [0.4, 0.5) is 11.5 Å². The van der Waals surface area contributed by atoms with E-state index >= 15 is 0 Å². The number of hydrogen-bond acceptors (Lipinski definition) is 4. The summed E-state index contributed by atoms with van der Waals surface area (Å²) in [5.74, 6) is 1.33. The Kier molecular flexibility index (Phi) is 5.00. The predicted octanol–water partition coefficient (Wildman–Crippen LogP) is 5.01. The standard InChI is InChI=1S/C26H23N3O2/c1-18(20-12-8-10-19-9-2-3-11-21(19)20)28-26(30)24-17-29(25-15-6-7-16-27-25)22-13-4-5-14-23(22)31-24/h2-16,18,24H,17H2,1H3,(H,28,30)/t18-,24?/m1/s1. The highest BCUT2D eigenvalue weighted by molar-refractivity contribution is 5.88. The Hall–Kier alpha value is -3.86. The van der Waals surface area contributed by atoms with Gasteiger partial charge in [-0.1, -0.05) is 60.7 Å². The molecule has 1 N–H and O–H groups in total. The van der Waals surface area contributed by atoms with Gasteiger partial charge < -0.3 is 15.0 Å². The molecule has 154 valence electrons. The fraction of sp³-hybridized carbons (Fsp3) is 0.154. The zero-order chi connectivity index (χ0) is 21.2. The van der Waals surface area contributed by atoms with Gasteiger partial charge in [0.15, 0.2) is 6.10 Å². The summed E-state index contributed by atoms with van der Waals surface area (Å²) in [7, 11) is 0. The molecule has 0 radical (unpaired) electrons. The fourth-order valence-electron chi connectivity index (χ4n) is 4.11. The van der Waals surface area contributed by atoms with Crippen LogP contribution in [0.3, 0.4) is 0 Å². The van der Waals surface area contributed by atoms with Gasteiger partial charge in [0.2, 0.25) is 0 Å². The Morgan fingerprint density at radius 1 is 1.00 bits per heavy atom. The minimum atomic E-state index is -0.644. The lowest BCUT2D eigenvalue weighted by Crippen LogP contribution is -2.48. The van der Waals surface area contributed by atoms with Crippen LogP contribution in [0.25, 0.3) is 10.8 Å². The third kappa shape index (κ3) is 3.70. The van der Waals surface area contributed by atoms with Crippen molar-refractivity contribution in [1.82, 2.24) is 10.3 Å². The second kappa shape index (κ2) is 8.11. The summed E-state index contributed by atoms with van der Waals surface area (Å²) < 4.78 is 6.09. The molecule has 0 spiro atoms. The van der Waals surface area contributed by atoms with Crippen LogP contribution in [0.5, 0.6) is 5.75 Å². The molecular formula is C26H23N3O2. The van der Waals surface area contributed by atoms with Gasteiger partial charge in [-0.3, -0.25) is 4.79 Å². The number of aromatic nitrogens is 1. The molecule has 5 heteroatoms. The number of benzene rings is 3. The number of carbonyl (C=O) groups excluding carboxylic acids is 1. The first-order valence-corrected chi connectivity index (χ1v) is 10.4. The van der Waals surface area contributed by atoms with Crippen molar-refractivity contribution in [3.63, 3.8) is 0 Å². The van der Waals surface area contributed by atoms with Crippen molar-refractivity contribution < 1.29 is 9.53 Å². The molecular weight excluding hydrogens is 386 g/mol. The quantitative estimate of drug-likeness (QED) is 0.515. The van der Waals surface area contributed by atoms with Gasteiger partial charge in [0.25, 0.3) is 5.91 Å². The van der Waals surface area contributed by atoms with E-state index < -0.39 is 6.10 Å². The summed E-state index contributed by atoms with van der Waals surface area (Å²) in [5.41, 5.74) is 2.00. The number of nitrogens with one attached hydrogen (secondary N) is 1. The number of carbonyl (C=O) groups is 1. The van der Waals surface area contributed by atoms with E-state index in [9.17, 15) is 4.79 Å². The van der Waals surface area contributed by atoms with Crippen molar-refractivity contribution in [3.8, 4) is 5.75 Å². The largest absolute Gasteiger partial charge is 0.477 e. The lowest BCUT2D eigenvalue weighted by atomic mass is 9.99. The van der Waals surface area contributed by atoms with E-state index in [1.807, 2.05) is 72.5 Å². The SMILES string of the molecule is C[C@@H](NC(=O)C1CN(c2ccccn2)c2ccccc2O1)c1cccc2ccccc12. The van der Waals surface area contributed by atoms with Gasteiger partial charge in [0.1, 0.15) is 11.6 Å². The number of amides is 1. The molecule has 1 aliphatic heterocycles. The Morgan fingerprint density at radius 2 is 1.77 bits per heavy atom. The smallest absolute Gasteiger partial charge is 0.263 e. The molecule has 1 aromatic heterocycles. The van der Waals surface area contributed by atoms with Crippen LogP contribution in [0, 0.1) is 0 Å². The lowest BCUT2D eigenvalue weighted by Gasteiger charge is -2.35. The number of pyridine rings is 1. The summed E-state index contributed by atoms with van der Waals surface area (Å²) in [5, 5.41) is 5.45. The molecule has 3 aromatic carbocycles. The highest BCUT2D eigenvalue weighted by Crippen LogP contribution is 2.37. The van der Waals surface area contributed by atoms with Crippen molar-refractivity contribution >= 4 is 28.2 Å². The van der Waals surface area contributed by atoms with Crippen molar-refractivity contribution in [2.75, 3.05) is 11.4 Å². The van der Waals surface area contributed by atoms with Gasteiger partial charge in [-0.25, -0.2) is 4.98 Å². The zero-order valence-corrected chi connectivity index (χ0v) is 17.2. The number of hydrogen-bond donors (Lipinski definition) is 1. The first-order valence-electron chi connectivity index (χ1n) is 10.4. The van der Waals surface area contributed by atoms with Gasteiger partial charge >= 0.3 is 0 Å². The monoisotopic (exact) mass is 409 g/mol. The van der Waals surface area contributed by atoms with E-state index in [1.54, 1.807) is 6.20 Å². The van der Waals surface area contributed by atoms with Crippen molar-refractivity contribution in [2.45, 2.75) is 19.1 Å². The van der Waals surface area contributed by atoms with Crippen molar-refractivity contribution in [2.24, 2.45) is 0 Å². The normalized spacial score (nSPS) is 16.3. The van der Waals surface area contributed by atoms with Crippen molar-refractivity contribution in [1.29, 1.82) is 0 Å². The Morgan fingerprint density at radius 3 is 2.65 bits per heavy atom. The van der Waals surface area contributed by atoms with Crippen LogP contribution in [0.2, 0.25) is 0 Å². The molecule has 1 unspecified atom stereocenters. The summed E-state index contributed by atoms with van der Waals surface area (Å²) in [4.78, 5) is 19.7. The first-order chi connectivity index (χ1) is 15.2. The van der Waals surface area contributed by atoms with E-state index in [-0.39, 0.29) is 11.9 Å². The molecule has 1 amide bonds. The number of rotatable bonds is 4. The fourth-order valence-corrected chi connectivity index (χ4v) is 4.11. The second-order valence-corrected chi connectivity index (χ2v) is 7.67. The molecule has 2 heterocycles. The van der Waals surface area contributed by atoms with E-state index in [1.165, 1.54) is 0 Å². The van der Waals surface area contributed by atoms with Crippen LogP contribution >= 0.6 is 0 Å². The summed E-state index contributed by atoms with van der Waals surface area (Å²) in [6, 6.07) is 27.7. The summed E-state index contributed by atoms with van der Waals surface area (Å²) in [6.07, 6.45) is 1.11. The molecule has 5 nitrogen and oxygen atoms in total. The minimum absolute atomic E-state index is 0.143. The minimum Gasteiger partial charge on any atom is -0.477 e. The van der Waals surface area contributed by atoms with Gasteiger partial charge in [0, 0.05) is 6.20 Å². The molecule has 1 aliphatic rings. The van der Waals surface area contributed by atoms with E-state index in [0.717, 1.165) is 27.8 Å². The number of fused-ring (bicyclic) bond motifs is 2. The topological polar surface area (TPSA) is 54.5 Å². The predicted molar refractivity (Wildman–Crippen MR) is 123 cm³/mol. The van der Waals surface area contributed by atoms with E-state index in [0.29, 0.717) is 12.3 Å². The van der Waals surface area contributed by atoms with E-state index in [4.69, 9.17) is 4.74 Å². The van der Waals surface area contributed by atoms with Gasteiger partial charge in [-0.2, -0.15) is 0 Å². The Balaban J connectivity index is 1.40. The first kappa shape index (κ1) is 19.1. The summed E-state index contributed by atoms with van der Waals surface area (Å²) in [6.45, 7) is 2.40. The molecule has 31 heavy (non-hydrogen) atoms. The number of para-hydroxylation sites is 2. The number of anilines is 2. The van der Waals surface area contributed by atoms with Gasteiger partial charge in [-0.15, -0.1) is 0 Å². The Labute approximate surface area is 181 Å². The molecule has 4 aromatic rings. The average molecular weight is 409 g/mol. The molecule has 0 saturated carbocycles. The lowest BCUT2D eigenvalue weighted by molar-refractivity contribution is -0.128. The van der Waals surface area contributed by atoms with Crippen LogP contribution in [0.15, 0.2) is 91.1 Å². The second-order valence-electron chi connectivity index (χ2n) is 7.67. The average Bonchev–Trinajstić information content (AvgIpc) is 2.83. The Bertz CT molecular complexity index is 1220. The van der Waals surface area contributed by atoms with Gasteiger partial charge in [0.05, 0.1) is 18.3 Å². The molecule has 0 saturated heterocycles. The third-order valence-electron chi connectivity index (χ3n) is 5.64. The van der Waals surface area contributed by atoms with Crippen LogP contribution < -0.4 is 15.0 Å². The number of ether oxygens (including phenoxy) is 1. The maximum absolute atomic E-state index is 13.2. The highest BCUT2D eigenvalue weighted by atomic mass is 16.5. The van der Waals surface area contributed by atoms with Gasteiger partial charge in [-0.05, 0) is 47.5 Å². The summed E-state index contributed by atoms with van der Waals surface area (Å²) >= 11 is 0. The maximum atomic E-state index is 13.2. The zero-order valence-electron chi connectivity index (χ0n) is 17.2. The van der Waals surface area contributed by atoms with E-state index in [2.05, 4.69) is 34.6 Å². The molecule has 0 aliphatic carbocycles. The van der Waals surface area contributed by atoms with Crippen molar-refractivity contribution in [3.05, 3.63) is 96.7 Å². The maximum Gasteiger partial charge on any atom is 0.263 e.